The molecule has 28 heavy (non-hydrogen) atoms. The van der Waals surface area contributed by atoms with E-state index in [9.17, 15) is 18.4 Å². The lowest BCUT2D eigenvalue weighted by atomic mass is 10.0. The monoisotopic (exact) mass is 380 g/mol. The molecule has 5 nitrogen and oxygen atoms in total. The number of halogens is 2. The molecule has 2 aromatic carbocycles. The number of rotatable bonds is 5. The van der Waals surface area contributed by atoms with Gasteiger partial charge in [0.25, 0.3) is 11.8 Å². The molecule has 0 atom stereocenters. The molecule has 7 heteroatoms. The number of carbonyl (C=O) groups excluding carboxylic acids is 2. The van der Waals surface area contributed by atoms with Gasteiger partial charge in [-0.2, -0.15) is 0 Å². The summed E-state index contributed by atoms with van der Waals surface area (Å²) in [6, 6.07) is 14.0. The van der Waals surface area contributed by atoms with Gasteiger partial charge in [-0.25, -0.2) is 8.78 Å². The van der Waals surface area contributed by atoms with E-state index in [1.165, 1.54) is 54.8 Å². The molecule has 0 unspecified atom stereocenters. The van der Waals surface area contributed by atoms with Gasteiger partial charge in [0, 0.05) is 5.69 Å². The van der Waals surface area contributed by atoms with Crippen molar-refractivity contribution in [3.05, 3.63) is 95.6 Å². The predicted octanol–water partition coefficient (Wildman–Crippen LogP) is 3.95. The van der Waals surface area contributed by atoms with Gasteiger partial charge in [0.2, 0.25) is 0 Å². The second kappa shape index (κ2) is 7.11. The van der Waals surface area contributed by atoms with Crippen molar-refractivity contribution < 1.29 is 22.8 Å². The molecule has 0 radical (unpaired) electrons. The molecule has 1 N–H and O–H groups in total. The summed E-state index contributed by atoms with van der Waals surface area (Å²) >= 11 is 0. The van der Waals surface area contributed by atoms with Crippen molar-refractivity contribution in [1.29, 1.82) is 0 Å². The predicted molar refractivity (Wildman–Crippen MR) is 97.6 cm³/mol. The van der Waals surface area contributed by atoms with E-state index in [0.717, 1.165) is 4.90 Å². The fourth-order valence-electron chi connectivity index (χ4n) is 2.96. The highest BCUT2D eigenvalue weighted by atomic mass is 19.1. The maximum atomic E-state index is 13.3. The number of nitrogens with zero attached hydrogens (tertiary/aromatic N) is 1. The fraction of sp³-hybridized carbons (Fsp3) is 0.0476. The zero-order valence-electron chi connectivity index (χ0n) is 14.5. The molecule has 0 saturated heterocycles. The lowest BCUT2D eigenvalue weighted by molar-refractivity contribution is -0.137. The molecule has 2 heterocycles. The first-order valence-corrected chi connectivity index (χ1v) is 8.44. The van der Waals surface area contributed by atoms with E-state index in [0.29, 0.717) is 17.0 Å². The first-order chi connectivity index (χ1) is 13.5. The van der Waals surface area contributed by atoms with Crippen molar-refractivity contribution in [2.75, 3.05) is 5.32 Å². The van der Waals surface area contributed by atoms with Crippen LogP contribution in [0.2, 0.25) is 0 Å². The van der Waals surface area contributed by atoms with Crippen molar-refractivity contribution in [2.24, 2.45) is 0 Å². The standard InChI is InChI=1S/C21H14F2N2O3/c22-14-5-3-13(4-6-14)18-19(24-16-9-7-15(23)8-10-16)21(27)25(20(18)26)12-17-2-1-11-28-17/h1-11,24H,12H2. The first-order valence-electron chi connectivity index (χ1n) is 8.44. The summed E-state index contributed by atoms with van der Waals surface area (Å²) in [5.41, 5.74) is 0.985. The first kappa shape index (κ1) is 17.7. The third kappa shape index (κ3) is 3.29. The number of amides is 2. The van der Waals surface area contributed by atoms with Gasteiger partial charge in [0.05, 0.1) is 18.4 Å². The Morgan fingerprint density at radius 3 is 2.11 bits per heavy atom. The summed E-state index contributed by atoms with van der Waals surface area (Å²) in [4.78, 5) is 27.0. The van der Waals surface area contributed by atoms with Crippen LogP contribution in [0.4, 0.5) is 14.5 Å². The Morgan fingerprint density at radius 1 is 0.857 bits per heavy atom. The van der Waals surface area contributed by atoms with Crippen molar-refractivity contribution in [3.8, 4) is 0 Å². The van der Waals surface area contributed by atoms with Gasteiger partial charge in [0.1, 0.15) is 23.1 Å². The molecule has 1 aliphatic heterocycles. The van der Waals surface area contributed by atoms with Gasteiger partial charge >= 0.3 is 0 Å². The smallest absolute Gasteiger partial charge is 0.278 e. The van der Waals surface area contributed by atoms with Gasteiger partial charge in [-0.15, -0.1) is 0 Å². The summed E-state index contributed by atoms with van der Waals surface area (Å²) in [7, 11) is 0. The molecule has 0 aliphatic carbocycles. The largest absolute Gasteiger partial charge is 0.467 e. The lowest BCUT2D eigenvalue weighted by Crippen LogP contribution is -2.31. The van der Waals surface area contributed by atoms with Gasteiger partial charge in [-0.05, 0) is 54.1 Å². The van der Waals surface area contributed by atoms with E-state index in [1.807, 2.05) is 0 Å². The fourth-order valence-corrected chi connectivity index (χ4v) is 2.96. The molecule has 0 fully saturated rings. The van der Waals surface area contributed by atoms with Crippen LogP contribution >= 0.6 is 0 Å². The zero-order valence-corrected chi connectivity index (χ0v) is 14.5. The summed E-state index contributed by atoms with van der Waals surface area (Å²) < 4.78 is 31.7. The Hall–Kier alpha value is -3.74. The van der Waals surface area contributed by atoms with Crippen molar-refractivity contribution in [3.63, 3.8) is 0 Å². The molecular formula is C21H14F2N2O3. The van der Waals surface area contributed by atoms with E-state index >= 15 is 0 Å². The average Bonchev–Trinajstić information content (AvgIpc) is 3.28. The van der Waals surface area contributed by atoms with Gasteiger partial charge in [-0.3, -0.25) is 14.5 Å². The summed E-state index contributed by atoms with van der Waals surface area (Å²) in [5, 5.41) is 2.90. The number of nitrogens with one attached hydrogen (secondary N) is 1. The highest BCUT2D eigenvalue weighted by molar-refractivity contribution is 6.36. The van der Waals surface area contributed by atoms with Crippen LogP contribution in [0.5, 0.6) is 0 Å². The quantitative estimate of drug-likeness (QED) is 0.681. The summed E-state index contributed by atoms with van der Waals surface area (Å²) in [6.07, 6.45) is 1.45. The van der Waals surface area contributed by atoms with E-state index < -0.39 is 23.4 Å². The summed E-state index contributed by atoms with van der Waals surface area (Å²) in [6.45, 7) is -0.0377. The van der Waals surface area contributed by atoms with E-state index in [2.05, 4.69) is 5.32 Å². The SMILES string of the molecule is O=C1C(Nc2ccc(F)cc2)=C(c2ccc(F)cc2)C(=O)N1Cc1ccco1. The second-order valence-electron chi connectivity index (χ2n) is 6.16. The Kier molecular flexibility index (Phi) is 4.49. The number of hydrogen-bond acceptors (Lipinski definition) is 4. The van der Waals surface area contributed by atoms with Crippen LogP contribution in [0.25, 0.3) is 5.57 Å². The highest BCUT2D eigenvalue weighted by Gasteiger charge is 2.39. The topological polar surface area (TPSA) is 62.6 Å². The average molecular weight is 380 g/mol. The number of imide groups is 1. The molecule has 0 saturated carbocycles. The van der Waals surface area contributed by atoms with Crippen LogP contribution in [0.3, 0.4) is 0 Å². The molecule has 2 amide bonds. The minimum atomic E-state index is -0.551. The number of benzene rings is 2. The molecule has 1 aliphatic rings. The van der Waals surface area contributed by atoms with Crippen molar-refractivity contribution >= 4 is 23.1 Å². The van der Waals surface area contributed by atoms with Gasteiger partial charge in [0.15, 0.2) is 0 Å². The van der Waals surface area contributed by atoms with Crippen LogP contribution in [-0.2, 0) is 16.1 Å². The molecule has 1 aromatic heterocycles. The van der Waals surface area contributed by atoms with Crippen LogP contribution in [0, 0.1) is 11.6 Å². The molecule has 3 aromatic rings. The maximum absolute atomic E-state index is 13.3. The minimum absolute atomic E-state index is 0.0368. The van der Waals surface area contributed by atoms with Crippen LogP contribution < -0.4 is 5.32 Å². The number of carbonyl (C=O) groups is 2. The minimum Gasteiger partial charge on any atom is -0.467 e. The van der Waals surface area contributed by atoms with E-state index in [4.69, 9.17) is 4.42 Å². The maximum Gasteiger partial charge on any atom is 0.278 e. The highest BCUT2D eigenvalue weighted by Crippen LogP contribution is 2.31. The Bertz CT molecular complexity index is 1060. The van der Waals surface area contributed by atoms with Crippen LogP contribution in [-0.4, -0.2) is 16.7 Å². The van der Waals surface area contributed by atoms with Crippen LogP contribution in [0.1, 0.15) is 11.3 Å². The van der Waals surface area contributed by atoms with E-state index in [1.54, 1.807) is 12.1 Å². The third-order valence-electron chi connectivity index (χ3n) is 4.31. The molecule has 0 spiro atoms. The Morgan fingerprint density at radius 2 is 1.50 bits per heavy atom. The number of furan rings is 1. The molecule has 140 valence electrons. The number of hydrogen-bond donors (Lipinski definition) is 1. The van der Waals surface area contributed by atoms with Crippen molar-refractivity contribution in [2.45, 2.75) is 6.54 Å². The van der Waals surface area contributed by atoms with Crippen LogP contribution in [0.15, 0.2) is 77.0 Å². The lowest BCUT2D eigenvalue weighted by Gasteiger charge is -2.13. The molecular weight excluding hydrogens is 366 g/mol. The van der Waals surface area contributed by atoms with Gasteiger partial charge in [-0.1, -0.05) is 12.1 Å². The number of anilines is 1. The Balaban J connectivity index is 1.74. The normalized spacial score (nSPS) is 14.1. The molecule has 0 bridgehead atoms. The third-order valence-corrected chi connectivity index (χ3v) is 4.31. The Labute approximate surface area is 158 Å². The van der Waals surface area contributed by atoms with Crippen molar-refractivity contribution in [1.82, 2.24) is 4.90 Å². The summed E-state index contributed by atoms with van der Waals surface area (Å²) in [5.74, 6) is -1.51. The van der Waals surface area contributed by atoms with E-state index in [-0.39, 0.29) is 17.8 Å². The second-order valence-corrected chi connectivity index (χ2v) is 6.16. The zero-order chi connectivity index (χ0) is 19.7. The van der Waals surface area contributed by atoms with Gasteiger partial charge < -0.3 is 9.73 Å². The molecule has 4 rings (SSSR count).